The number of anilines is 1. The largest absolute Gasteiger partial charge is 0.382 e. The van der Waals surface area contributed by atoms with Gasteiger partial charge in [0.1, 0.15) is 12.1 Å². The van der Waals surface area contributed by atoms with Crippen molar-refractivity contribution < 1.29 is 4.39 Å². The Labute approximate surface area is 179 Å². The predicted molar refractivity (Wildman–Crippen MR) is 119 cm³/mol. The monoisotopic (exact) mass is 414 g/mol. The van der Waals surface area contributed by atoms with Gasteiger partial charge < -0.3 is 15.2 Å². The van der Waals surface area contributed by atoms with Gasteiger partial charge >= 0.3 is 0 Å². The molecule has 0 amide bonds. The molecule has 7 heteroatoms. The second-order valence-corrected chi connectivity index (χ2v) is 8.26. The molecular weight excluding hydrogens is 391 g/mol. The van der Waals surface area contributed by atoms with E-state index in [0.29, 0.717) is 6.04 Å². The molecule has 6 rings (SSSR count). The van der Waals surface area contributed by atoms with E-state index in [-0.39, 0.29) is 5.82 Å². The summed E-state index contributed by atoms with van der Waals surface area (Å²) in [5, 5.41) is 11.6. The number of nitrogens with one attached hydrogen (secondary N) is 2. The van der Waals surface area contributed by atoms with E-state index in [1.54, 1.807) is 6.33 Å². The number of hydrogen-bond acceptors (Lipinski definition) is 4. The standard InChI is InChI=1S/C24H23FN6/c25-19-3-1-16(2-4-19)17-12-23-24-27-15-28-31(24)22-6-5-21(11-18(22)14-30(23)13-17)29-20-7-9-26-10-8-20/h1-6,11-13,15,20,26,29H,7-10,14H2. The zero-order chi connectivity index (χ0) is 20.8. The number of halogens is 1. The molecule has 2 N–H and O–H groups in total. The van der Waals surface area contributed by atoms with Gasteiger partial charge in [-0.2, -0.15) is 5.10 Å². The van der Waals surface area contributed by atoms with Gasteiger partial charge in [0, 0.05) is 30.0 Å². The minimum absolute atomic E-state index is 0.230. The number of benzene rings is 2. The SMILES string of the molecule is Fc1ccc(-c2cc3n(c2)Cc2cc(NC4CCNCC4)ccc2-n2ncnc2-3)cc1. The molecule has 4 heterocycles. The Morgan fingerprint density at radius 1 is 1.00 bits per heavy atom. The van der Waals surface area contributed by atoms with Gasteiger partial charge in [0.05, 0.1) is 11.4 Å². The summed E-state index contributed by atoms with van der Waals surface area (Å²) >= 11 is 0. The van der Waals surface area contributed by atoms with Crippen molar-refractivity contribution in [2.75, 3.05) is 18.4 Å². The summed E-state index contributed by atoms with van der Waals surface area (Å²) in [4.78, 5) is 4.54. The van der Waals surface area contributed by atoms with E-state index in [0.717, 1.165) is 66.5 Å². The normalized spacial score (nSPS) is 15.6. The minimum atomic E-state index is -0.230. The van der Waals surface area contributed by atoms with Crippen molar-refractivity contribution in [3.05, 3.63) is 72.4 Å². The first kappa shape index (κ1) is 18.3. The number of fused-ring (bicyclic) bond motifs is 5. The van der Waals surface area contributed by atoms with Crippen molar-refractivity contribution in [3.63, 3.8) is 0 Å². The molecule has 0 spiro atoms. The lowest BCUT2D eigenvalue weighted by atomic mass is 10.1. The molecule has 2 aliphatic rings. The van der Waals surface area contributed by atoms with E-state index < -0.39 is 0 Å². The van der Waals surface area contributed by atoms with Crippen molar-refractivity contribution in [1.82, 2.24) is 24.6 Å². The van der Waals surface area contributed by atoms with Gasteiger partial charge in [-0.15, -0.1) is 0 Å². The lowest BCUT2D eigenvalue weighted by molar-refractivity contribution is 0.479. The van der Waals surface area contributed by atoms with Crippen LogP contribution >= 0.6 is 0 Å². The average molecular weight is 414 g/mol. The molecule has 2 aromatic heterocycles. The molecule has 4 aromatic rings. The van der Waals surface area contributed by atoms with Crippen molar-refractivity contribution in [3.8, 4) is 28.3 Å². The van der Waals surface area contributed by atoms with E-state index in [9.17, 15) is 4.39 Å². The number of nitrogens with zero attached hydrogens (tertiary/aromatic N) is 4. The zero-order valence-corrected chi connectivity index (χ0v) is 17.1. The van der Waals surface area contributed by atoms with Gasteiger partial charge in [-0.3, -0.25) is 0 Å². The third kappa shape index (κ3) is 3.31. The third-order valence-electron chi connectivity index (χ3n) is 6.21. The molecule has 0 bridgehead atoms. The maximum Gasteiger partial charge on any atom is 0.179 e. The predicted octanol–water partition coefficient (Wildman–Crippen LogP) is 4.07. The van der Waals surface area contributed by atoms with Gasteiger partial charge in [0.2, 0.25) is 0 Å². The van der Waals surface area contributed by atoms with E-state index in [4.69, 9.17) is 0 Å². The smallest absolute Gasteiger partial charge is 0.179 e. The van der Waals surface area contributed by atoms with Crippen molar-refractivity contribution in [2.24, 2.45) is 0 Å². The highest BCUT2D eigenvalue weighted by atomic mass is 19.1. The third-order valence-corrected chi connectivity index (χ3v) is 6.21. The molecule has 1 fully saturated rings. The Balaban J connectivity index is 1.40. The number of hydrogen-bond donors (Lipinski definition) is 2. The van der Waals surface area contributed by atoms with Crippen LogP contribution < -0.4 is 10.6 Å². The van der Waals surface area contributed by atoms with Crippen LogP contribution in [0.2, 0.25) is 0 Å². The van der Waals surface area contributed by atoms with Crippen LogP contribution in [-0.4, -0.2) is 38.5 Å². The van der Waals surface area contributed by atoms with E-state index in [2.05, 4.69) is 55.7 Å². The van der Waals surface area contributed by atoms with Crippen molar-refractivity contribution in [2.45, 2.75) is 25.4 Å². The zero-order valence-electron chi connectivity index (χ0n) is 17.1. The van der Waals surface area contributed by atoms with E-state index in [1.165, 1.54) is 17.7 Å². The van der Waals surface area contributed by atoms with Gasteiger partial charge in [0.25, 0.3) is 0 Å². The fraction of sp³-hybridized carbons (Fsp3) is 0.250. The summed E-state index contributed by atoms with van der Waals surface area (Å²) in [5.41, 5.74) is 6.40. The van der Waals surface area contributed by atoms with Gasteiger partial charge in [-0.1, -0.05) is 12.1 Å². The summed E-state index contributed by atoms with van der Waals surface area (Å²) in [5.74, 6) is 0.582. The Morgan fingerprint density at radius 3 is 2.68 bits per heavy atom. The molecule has 0 radical (unpaired) electrons. The lowest BCUT2D eigenvalue weighted by Gasteiger charge is -2.25. The van der Waals surface area contributed by atoms with Crippen LogP contribution in [0.5, 0.6) is 0 Å². The number of aromatic nitrogens is 4. The highest BCUT2D eigenvalue weighted by Crippen LogP contribution is 2.34. The molecule has 6 nitrogen and oxygen atoms in total. The molecule has 1 saturated heterocycles. The first-order valence-electron chi connectivity index (χ1n) is 10.7. The van der Waals surface area contributed by atoms with Gasteiger partial charge in [-0.05, 0) is 73.5 Å². The van der Waals surface area contributed by atoms with Crippen molar-refractivity contribution in [1.29, 1.82) is 0 Å². The molecule has 31 heavy (non-hydrogen) atoms. The van der Waals surface area contributed by atoms with Crippen LogP contribution in [0, 0.1) is 5.82 Å². The molecule has 2 aliphatic heterocycles. The topological polar surface area (TPSA) is 59.7 Å². The Bertz CT molecular complexity index is 1230. The van der Waals surface area contributed by atoms with Crippen LogP contribution in [0.3, 0.4) is 0 Å². The van der Waals surface area contributed by atoms with Crippen molar-refractivity contribution >= 4 is 5.69 Å². The summed E-state index contributed by atoms with van der Waals surface area (Å²) in [6.07, 6.45) is 5.98. The minimum Gasteiger partial charge on any atom is -0.382 e. The first-order chi connectivity index (χ1) is 15.2. The molecule has 156 valence electrons. The maximum atomic E-state index is 13.4. The summed E-state index contributed by atoms with van der Waals surface area (Å²) < 4.78 is 17.5. The van der Waals surface area contributed by atoms with Crippen LogP contribution in [0.4, 0.5) is 10.1 Å². The summed E-state index contributed by atoms with van der Waals surface area (Å²) in [6, 6.07) is 15.7. The van der Waals surface area contributed by atoms with Crippen LogP contribution in [0.25, 0.3) is 28.3 Å². The fourth-order valence-corrected chi connectivity index (χ4v) is 4.62. The highest BCUT2D eigenvalue weighted by Gasteiger charge is 2.23. The van der Waals surface area contributed by atoms with Crippen LogP contribution in [0.1, 0.15) is 18.4 Å². The Hall–Kier alpha value is -3.45. The molecule has 0 aliphatic carbocycles. The second-order valence-electron chi connectivity index (χ2n) is 8.26. The second kappa shape index (κ2) is 7.35. The highest BCUT2D eigenvalue weighted by molar-refractivity contribution is 5.71. The first-order valence-corrected chi connectivity index (χ1v) is 10.7. The number of piperidine rings is 1. The summed E-state index contributed by atoms with van der Waals surface area (Å²) in [7, 11) is 0. The molecular formula is C24H23FN6. The molecule has 0 unspecified atom stereocenters. The van der Waals surface area contributed by atoms with Gasteiger partial charge in [-0.25, -0.2) is 14.1 Å². The summed E-state index contributed by atoms with van der Waals surface area (Å²) in [6.45, 7) is 2.84. The Kier molecular flexibility index (Phi) is 4.35. The van der Waals surface area contributed by atoms with E-state index >= 15 is 0 Å². The fourth-order valence-electron chi connectivity index (χ4n) is 4.62. The van der Waals surface area contributed by atoms with Gasteiger partial charge in [0.15, 0.2) is 5.82 Å². The molecule has 0 atom stereocenters. The molecule has 2 aromatic carbocycles. The number of rotatable bonds is 3. The average Bonchev–Trinajstić information content (AvgIpc) is 3.40. The lowest BCUT2D eigenvalue weighted by Crippen LogP contribution is -2.35. The van der Waals surface area contributed by atoms with E-state index in [1.807, 2.05) is 16.8 Å². The Morgan fingerprint density at radius 2 is 1.84 bits per heavy atom. The quantitative estimate of drug-likeness (QED) is 0.467. The van der Waals surface area contributed by atoms with Crippen LogP contribution in [0.15, 0.2) is 61.1 Å². The maximum absolute atomic E-state index is 13.4. The molecule has 0 saturated carbocycles. The van der Waals surface area contributed by atoms with Crippen LogP contribution in [-0.2, 0) is 6.54 Å².